The van der Waals surface area contributed by atoms with Crippen LogP contribution in [0.4, 0.5) is 10.1 Å². The third kappa shape index (κ3) is 8.32. The first kappa shape index (κ1) is 33.3. The highest BCUT2D eigenvalue weighted by molar-refractivity contribution is 7.98. The first-order chi connectivity index (χ1) is 21.1. The molecule has 1 unspecified atom stereocenters. The fourth-order valence-electron chi connectivity index (χ4n) is 5.24. The van der Waals surface area contributed by atoms with Gasteiger partial charge >= 0.3 is 0 Å². The van der Waals surface area contributed by atoms with Crippen LogP contribution in [0.5, 0.6) is 5.75 Å². The number of anilines is 1. The van der Waals surface area contributed by atoms with Crippen LogP contribution in [-0.2, 0) is 26.2 Å². The summed E-state index contributed by atoms with van der Waals surface area (Å²) in [7, 11) is -4.22. The van der Waals surface area contributed by atoms with Crippen LogP contribution >= 0.6 is 11.8 Å². The van der Waals surface area contributed by atoms with E-state index in [-0.39, 0.29) is 34.6 Å². The molecular weight excluding hydrogens is 602 g/mol. The summed E-state index contributed by atoms with van der Waals surface area (Å²) in [6.07, 6.45) is 6.77. The number of rotatable bonds is 13. The highest BCUT2D eigenvalue weighted by Gasteiger charge is 2.33. The Hall–Kier alpha value is -3.57. The third-order valence-corrected chi connectivity index (χ3v) is 10.3. The lowest BCUT2D eigenvalue weighted by Crippen LogP contribution is -2.53. The number of sulfonamides is 1. The molecule has 3 aromatic carbocycles. The van der Waals surface area contributed by atoms with Gasteiger partial charge < -0.3 is 15.0 Å². The zero-order valence-corrected chi connectivity index (χ0v) is 27.0. The topological polar surface area (TPSA) is 96.0 Å². The van der Waals surface area contributed by atoms with E-state index in [0.29, 0.717) is 12.4 Å². The van der Waals surface area contributed by atoms with Crippen molar-refractivity contribution in [1.82, 2.24) is 10.2 Å². The van der Waals surface area contributed by atoms with Gasteiger partial charge in [-0.1, -0.05) is 37.5 Å². The van der Waals surface area contributed by atoms with E-state index in [0.717, 1.165) is 41.3 Å². The maximum Gasteiger partial charge on any atom is 0.264 e. The molecule has 1 aliphatic carbocycles. The summed E-state index contributed by atoms with van der Waals surface area (Å²) in [4.78, 5) is 29.7. The maximum absolute atomic E-state index is 14.8. The van der Waals surface area contributed by atoms with Crippen molar-refractivity contribution in [2.45, 2.75) is 74.4 Å². The highest BCUT2D eigenvalue weighted by Crippen LogP contribution is 2.28. The van der Waals surface area contributed by atoms with Crippen LogP contribution in [0.3, 0.4) is 0 Å². The molecule has 0 heterocycles. The SMILES string of the molecule is CCOc1ccc(N(CC(=O)N(Cc2ccccc2F)C(C)C(=O)NC2CCCCC2)S(=O)(=O)c2ccc(SC)cc2)cc1. The van der Waals surface area contributed by atoms with Crippen molar-refractivity contribution in [3.05, 3.63) is 84.2 Å². The van der Waals surface area contributed by atoms with E-state index in [1.807, 2.05) is 13.2 Å². The third-order valence-electron chi connectivity index (χ3n) is 7.78. The monoisotopic (exact) mass is 641 g/mol. The molecule has 0 spiro atoms. The molecule has 2 amide bonds. The number of halogens is 1. The molecule has 1 atom stereocenters. The number of carbonyl (C=O) groups is 2. The van der Waals surface area contributed by atoms with Gasteiger partial charge in [-0.2, -0.15) is 0 Å². The Kier molecular flexibility index (Phi) is 11.7. The quantitative estimate of drug-likeness (QED) is 0.230. The number of amides is 2. The Morgan fingerprint density at radius 1 is 1.00 bits per heavy atom. The predicted molar refractivity (Wildman–Crippen MR) is 172 cm³/mol. The number of hydrogen-bond acceptors (Lipinski definition) is 6. The summed E-state index contributed by atoms with van der Waals surface area (Å²) >= 11 is 1.48. The smallest absolute Gasteiger partial charge is 0.264 e. The number of benzene rings is 3. The second kappa shape index (κ2) is 15.4. The van der Waals surface area contributed by atoms with Crippen molar-refractivity contribution in [3.63, 3.8) is 0 Å². The van der Waals surface area contributed by atoms with Gasteiger partial charge in [-0.25, -0.2) is 12.8 Å². The molecule has 0 aromatic heterocycles. The molecule has 1 aliphatic rings. The molecular formula is C33H40FN3O5S2. The number of thioether (sulfide) groups is 1. The molecule has 1 N–H and O–H groups in total. The Morgan fingerprint density at radius 2 is 1.66 bits per heavy atom. The van der Waals surface area contributed by atoms with E-state index in [4.69, 9.17) is 4.74 Å². The number of carbonyl (C=O) groups excluding carboxylic acids is 2. The summed E-state index contributed by atoms with van der Waals surface area (Å²) in [5.41, 5.74) is 0.474. The zero-order chi connectivity index (χ0) is 31.7. The van der Waals surface area contributed by atoms with Gasteiger partial charge in [0.05, 0.1) is 17.2 Å². The lowest BCUT2D eigenvalue weighted by Gasteiger charge is -2.33. The van der Waals surface area contributed by atoms with Crippen molar-refractivity contribution in [2.75, 3.05) is 23.7 Å². The molecule has 0 bridgehead atoms. The van der Waals surface area contributed by atoms with Crippen LogP contribution in [0.1, 0.15) is 51.5 Å². The molecule has 4 rings (SSSR count). The van der Waals surface area contributed by atoms with E-state index >= 15 is 0 Å². The number of nitrogens with zero attached hydrogens (tertiary/aromatic N) is 2. The Morgan fingerprint density at radius 3 is 2.27 bits per heavy atom. The molecule has 1 fully saturated rings. The minimum atomic E-state index is -4.22. The van der Waals surface area contributed by atoms with Crippen LogP contribution in [-0.4, -0.2) is 56.6 Å². The summed E-state index contributed by atoms with van der Waals surface area (Å²) in [6.45, 7) is 3.07. The first-order valence-corrected chi connectivity index (χ1v) is 17.5. The van der Waals surface area contributed by atoms with Crippen LogP contribution in [0.25, 0.3) is 0 Å². The lowest BCUT2D eigenvalue weighted by molar-refractivity contribution is -0.139. The van der Waals surface area contributed by atoms with Crippen molar-refractivity contribution in [1.29, 1.82) is 0 Å². The fraction of sp³-hybridized carbons (Fsp3) is 0.394. The van der Waals surface area contributed by atoms with Crippen LogP contribution < -0.4 is 14.4 Å². The van der Waals surface area contributed by atoms with Gasteiger partial charge in [0.1, 0.15) is 24.2 Å². The van der Waals surface area contributed by atoms with Crippen molar-refractivity contribution in [2.24, 2.45) is 0 Å². The van der Waals surface area contributed by atoms with E-state index in [1.54, 1.807) is 61.5 Å². The fourth-order valence-corrected chi connectivity index (χ4v) is 7.06. The molecule has 3 aromatic rings. The van der Waals surface area contributed by atoms with Gasteiger partial charge in [0.2, 0.25) is 11.8 Å². The number of nitrogens with one attached hydrogen (secondary N) is 1. The lowest BCUT2D eigenvalue weighted by atomic mass is 9.95. The van der Waals surface area contributed by atoms with Crippen molar-refractivity contribution >= 4 is 39.3 Å². The van der Waals surface area contributed by atoms with Crippen molar-refractivity contribution in [3.8, 4) is 5.75 Å². The zero-order valence-electron chi connectivity index (χ0n) is 25.4. The normalized spacial score (nSPS) is 14.5. The minimum Gasteiger partial charge on any atom is -0.494 e. The van der Waals surface area contributed by atoms with Crippen LogP contribution in [0, 0.1) is 5.82 Å². The Bertz CT molecular complexity index is 1510. The average molecular weight is 642 g/mol. The molecule has 44 heavy (non-hydrogen) atoms. The average Bonchev–Trinajstić information content (AvgIpc) is 3.04. The van der Waals surface area contributed by atoms with E-state index in [9.17, 15) is 22.4 Å². The van der Waals surface area contributed by atoms with Gasteiger partial charge in [0.15, 0.2) is 0 Å². The largest absolute Gasteiger partial charge is 0.494 e. The molecule has 11 heteroatoms. The Balaban J connectivity index is 1.69. The minimum absolute atomic E-state index is 0.00843. The standard InChI is InChI=1S/C33H40FN3O5S2/c1-4-42-28-16-14-27(15-17-28)37(44(40,41)30-20-18-29(43-3)19-21-30)23-32(38)36(22-25-10-8-9-13-31(25)34)24(2)33(39)35-26-11-6-5-7-12-26/h8-10,13-21,24,26H,4-7,11-12,22-23H2,1-3H3,(H,35,39). The van der Waals surface area contributed by atoms with Gasteiger partial charge in [-0.3, -0.25) is 13.9 Å². The summed E-state index contributed by atoms with van der Waals surface area (Å²) < 4.78 is 49.5. The molecule has 1 saturated carbocycles. The van der Waals surface area contributed by atoms with Crippen molar-refractivity contribution < 1.29 is 27.1 Å². The van der Waals surface area contributed by atoms with E-state index < -0.39 is 34.3 Å². The van der Waals surface area contributed by atoms with E-state index in [2.05, 4.69) is 5.32 Å². The number of hydrogen-bond donors (Lipinski definition) is 1. The van der Waals surface area contributed by atoms with E-state index in [1.165, 1.54) is 34.9 Å². The molecule has 8 nitrogen and oxygen atoms in total. The number of ether oxygens (including phenoxy) is 1. The van der Waals surface area contributed by atoms with Gasteiger partial charge in [-0.05, 0) is 87.5 Å². The first-order valence-electron chi connectivity index (χ1n) is 14.9. The van der Waals surface area contributed by atoms with Crippen LogP contribution in [0.2, 0.25) is 0 Å². The van der Waals surface area contributed by atoms with Gasteiger partial charge in [-0.15, -0.1) is 11.8 Å². The van der Waals surface area contributed by atoms with Gasteiger partial charge in [0, 0.05) is 23.0 Å². The molecule has 0 aliphatic heterocycles. The molecule has 0 radical (unpaired) electrons. The summed E-state index contributed by atoms with van der Waals surface area (Å²) in [5, 5.41) is 3.05. The molecule has 236 valence electrons. The maximum atomic E-state index is 14.8. The predicted octanol–water partition coefficient (Wildman–Crippen LogP) is 6.01. The summed E-state index contributed by atoms with van der Waals surface area (Å²) in [5.74, 6) is -0.962. The van der Waals surface area contributed by atoms with Crippen LogP contribution in [0.15, 0.2) is 82.6 Å². The summed E-state index contributed by atoms with van der Waals surface area (Å²) in [6, 6.07) is 17.9. The highest BCUT2D eigenvalue weighted by atomic mass is 32.2. The Labute approximate surface area is 264 Å². The second-order valence-electron chi connectivity index (χ2n) is 10.7. The molecule has 0 saturated heterocycles. The van der Waals surface area contributed by atoms with Gasteiger partial charge in [0.25, 0.3) is 10.0 Å². The second-order valence-corrected chi connectivity index (χ2v) is 13.5.